The molecule has 0 aliphatic heterocycles. The first-order valence-corrected chi connectivity index (χ1v) is 7.47. The zero-order valence-electron chi connectivity index (χ0n) is 13.2. The number of unbranched alkanes of at least 4 members (excludes halogenated alkanes) is 1. The number of halogens is 3. The predicted molar refractivity (Wildman–Crippen MR) is 82.0 cm³/mol. The van der Waals surface area contributed by atoms with Crippen LogP contribution in [0, 0.1) is 0 Å². The third-order valence-corrected chi connectivity index (χ3v) is 3.30. The predicted octanol–water partition coefficient (Wildman–Crippen LogP) is 3.36. The van der Waals surface area contributed by atoms with E-state index in [0.717, 1.165) is 25.0 Å². The van der Waals surface area contributed by atoms with Crippen molar-refractivity contribution in [1.82, 2.24) is 5.32 Å². The number of carbonyl (C=O) groups excluding carboxylic acids is 2. The van der Waals surface area contributed by atoms with Crippen LogP contribution in [0.4, 0.5) is 18.9 Å². The van der Waals surface area contributed by atoms with Gasteiger partial charge in [-0.2, -0.15) is 13.2 Å². The Morgan fingerprint density at radius 1 is 1.17 bits per heavy atom. The molecule has 0 unspecified atom stereocenters. The van der Waals surface area contributed by atoms with Crippen LogP contribution in [0.5, 0.6) is 0 Å². The third kappa shape index (κ3) is 6.30. The molecular weight excluding hydrogens is 309 g/mol. The quantitative estimate of drug-likeness (QED) is 0.833. The molecule has 0 aromatic heterocycles. The first kappa shape index (κ1) is 19.0. The molecule has 1 rings (SSSR count). The molecule has 0 fully saturated rings. The van der Waals surface area contributed by atoms with Crippen molar-refractivity contribution < 1.29 is 22.8 Å². The molecule has 0 saturated heterocycles. The summed E-state index contributed by atoms with van der Waals surface area (Å²) in [4.78, 5) is 24.5. The van der Waals surface area contributed by atoms with E-state index in [1.807, 2.05) is 6.92 Å². The summed E-state index contributed by atoms with van der Waals surface area (Å²) in [5.41, 5.74) is -0.397. The van der Waals surface area contributed by atoms with E-state index < -0.39 is 11.7 Å². The van der Waals surface area contributed by atoms with E-state index in [2.05, 4.69) is 5.32 Å². The van der Waals surface area contributed by atoms with Gasteiger partial charge in [0.1, 0.15) is 0 Å². The standard InChI is InChI=1S/C16H21F3N2O2/c1-3-4-5-15(23)20-10-11-21(12(2)22)14-8-6-13(7-9-14)16(17,18)19/h6-9H,3-5,10-11H2,1-2H3,(H,20,23). The van der Waals surface area contributed by atoms with E-state index in [1.54, 1.807) is 0 Å². The number of amides is 2. The van der Waals surface area contributed by atoms with Crippen molar-refractivity contribution in [2.75, 3.05) is 18.0 Å². The molecule has 0 saturated carbocycles. The van der Waals surface area contributed by atoms with E-state index >= 15 is 0 Å². The summed E-state index contributed by atoms with van der Waals surface area (Å²) in [5.74, 6) is -0.393. The summed E-state index contributed by atoms with van der Waals surface area (Å²) in [6, 6.07) is 4.38. The Hall–Kier alpha value is -2.05. The lowest BCUT2D eigenvalue weighted by atomic mass is 10.2. The number of rotatable bonds is 7. The van der Waals surface area contributed by atoms with Crippen molar-refractivity contribution in [3.8, 4) is 0 Å². The number of nitrogens with zero attached hydrogens (tertiary/aromatic N) is 1. The molecule has 1 N–H and O–H groups in total. The van der Waals surface area contributed by atoms with Crippen molar-refractivity contribution in [1.29, 1.82) is 0 Å². The first-order chi connectivity index (χ1) is 10.8. The number of nitrogens with one attached hydrogen (secondary N) is 1. The van der Waals surface area contributed by atoms with Crippen LogP contribution in [0.25, 0.3) is 0 Å². The molecule has 0 atom stereocenters. The molecule has 0 bridgehead atoms. The Bertz CT molecular complexity index is 527. The van der Waals surface area contributed by atoms with Crippen molar-refractivity contribution in [2.45, 2.75) is 39.3 Å². The van der Waals surface area contributed by atoms with Crippen LogP contribution in [-0.2, 0) is 15.8 Å². The largest absolute Gasteiger partial charge is 0.416 e. The van der Waals surface area contributed by atoms with Gasteiger partial charge in [0.15, 0.2) is 0 Å². The minimum atomic E-state index is -4.41. The molecular formula is C16H21F3N2O2. The normalized spacial score (nSPS) is 11.2. The van der Waals surface area contributed by atoms with Gasteiger partial charge in [0.25, 0.3) is 0 Å². The van der Waals surface area contributed by atoms with Crippen LogP contribution in [0.3, 0.4) is 0 Å². The second kappa shape index (κ2) is 8.55. The Morgan fingerprint density at radius 3 is 2.26 bits per heavy atom. The average Bonchev–Trinajstić information content (AvgIpc) is 2.48. The van der Waals surface area contributed by atoms with Gasteiger partial charge in [-0.25, -0.2) is 0 Å². The van der Waals surface area contributed by atoms with Gasteiger partial charge in [0.2, 0.25) is 11.8 Å². The summed E-state index contributed by atoms with van der Waals surface area (Å²) in [6.45, 7) is 3.77. The molecule has 0 aliphatic rings. The summed E-state index contributed by atoms with van der Waals surface area (Å²) in [5, 5.41) is 2.70. The van der Waals surface area contributed by atoms with Crippen LogP contribution >= 0.6 is 0 Å². The molecule has 0 aliphatic carbocycles. The molecule has 0 heterocycles. The molecule has 0 spiro atoms. The van der Waals surface area contributed by atoms with Gasteiger partial charge in [-0.1, -0.05) is 13.3 Å². The first-order valence-electron chi connectivity index (χ1n) is 7.47. The molecule has 1 aromatic carbocycles. The number of carbonyl (C=O) groups is 2. The zero-order valence-corrected chi connectivity index (χ0v) is 13.2. The van der Waals surface area contributed by atoms with Crippen molar-refractivity contribution in [2.24, 2.45) is 0 Å². The second-order valence-corrected chi connectivity index (χ2v) is 5.17. The lowest BCUT2D eigenvalue weighted by Gasteiger charge is -2.22. The summed E-state index contributed by atoms with van der Waals surface area (Å²) in [7, 11) is 0. The fourth-order valence-corrected chi connectivity index (χ4v) is 2.03. The minimum absolute atomic E-state index is 0.0947. The van der Waals surface area contributed by atoms with E-state index in [1.165, 1.54) is 24.0 Å². The maximum absolute atomic E-state index is 12.5. The number of hydrogen-bond donors (Lipinski definition) is 1. The molecule has 7 heteroatoms. The van der Waals surface area contributed by atoms with E-state index in [0.29, 0.717) is 12.1 Å². The smallest absolute Gasteiger partial charge is 0.354 e. The van der Waals surface area contributed by atoms with Gasteiger partial charge in [0, 0.05) is 32.1 Å². The molecule has 1 aromatic rings. The van der Waals surface area contributed by atoms with Crippen LogP contribution in [-0.4, -0.2) is 24.9 Å². The van der Waals surface area contributed by atoms with Crippen molar-refractivity contribution in [3.05, 3.63) is 29.8 Å². The third-order valence-electron chi connectivity index (χ3n) is 3.30. The van der Waals surface area contributed by atoms with Crippen LogP contribution in [0.15, 0.2) is 24.3 Å². The fraction of sp³-hybridized carbons (Fsp3) is 0.500. The lowest BCUT2D eigenvalue weighted by molar-refractivity contribution is -0.137. The summed E-state index contributed by atoms with van der Waals surface area (Å²) >= 11 is 0. The summed E-state index contributed by atoms with van der Waals surface area (Å²) in [6.07, 6.45) is -2.27. The highest BCUT2D eigenvalue weighted by atomic mass is 19.4. The Morgan fingerprint density at radius 2 is 1.78 bits per heavy atom. The number of alkyl halides is 3. The maximum Gasteiger partial charge on any atom is 0.416 e. The van der Waals surface area contributed by atoms with Gasteiger partial charge in [-0.15, -0.1) is 0 Å². The van der Waals surface area contributed by atoms with Crippen LogP contribution in [0.2, 0.25) is 0 Å². The van der Waals surface area contributed by atoms with E-state index in [4.69, 9.17) is 0 Å². The molecule has 2 amide bonds. The number of benzene rings is 1. The van der Waals surface area contributed by atoms with Gasteiger partial charge < -0.3 is 10.2 Å². The Labute approximate surface area is 133 Å². The number of anilines is 1. The molecule has 4 nitrogen and oxygen atoms in total. The maximum atomic E-state index is 12.5. The molecule has 128 valence electrons. The van der Waals surface area contributed by atoms with E-state index in [-0.39, 0.29) is 24.9 Å². The zero-order chi connectivity index (χ0) is 17.5. The van der Waals surface area contributed by atoms with Gasteiger partial charge in [-0.05, 0) is 30.7 Å². The highest BCUT2D eigenvalue weighted by Crippen LogP contribution is 2.30. The van der Waals surface area contributed by atoms with Crippen molar-refractivity contribution in [3.63, 3.8) is 0 Å². The lowest BCUT2D eigenvalue weighted by Crippen LogP contribution is -2.37. The van der Waals surface area contributed by atoms with Crippen molar-refractivity contribution >= 4 is 17.5 Å². The van der Waals surface area contributed by atoms with E-state index in [9.17, 15) is 22.8 Å². The highest BCUT2D eigenvalue weighted by Gasteiger charge is 2.30. The van der Waals surface area contributed by atoms with Crippen LogP contribution < -0.4 is 10.2 Å². The van der Waals surface area contributed by atoms with Crippen LogP contribution in [0.1, 0.15) is 38.7 Å². The van der Waals surface area contributed by atoms with Gasteiger partial charge in [0.05, 0.1) is 5.56 Å². The average molecular weight is 330 g/mol. The highest BCUT2D eigenvalue weighted by molar-refractivity contribution is 5.91. The molecule has 0 radical (unpaired) electrons. The Balaban J connectivity index is 2.65. The fourth-order valence-electron chi connectivity index (χ4n) is 2.03. The minimum Gasteiger partial charge on any atom is -0.354 e. The monoisotopic (exact) mass is 330 g/mol. The summed E-state index contributed by atoms with van der Waals surface area (Å²) < 4.78 is 37.6. The van der Waals surface area contributed by atoms with Gasteiger partial charge in [-0.3, -0.25) is 9.59 Å². The Kier molecular flexibility index (Phi) is 7.06. The second-order valence-electron chi connectivity index (χ2n) is 5.17. The SMILES string of the molecule is CCCCC(=O)NCCN(C(C)=O)c1ccc(C(F)(F)F)cc1. The molecule has 23 heavy (non-hydrogen) atoms. The number of hydrogen-bond acceptors (Lipinski definition) is 2. The topological polar surface area (TPSA) is 49.4 Å². The van der Waals surface area contributed by atoms with Gasteiger partial charge >= 0.3 is 6.18 Å².